The summed E-state index contributed by atoms with van der Waals surface area (Å²) >= 11 is 6.06. The van der Waals surface area contributed by atoms with E-state index in [0.29, 0.717) is 23.1 Å². The Balaban J connectivity index is 1.15. The summed E-state index contributed by atoms with van der Waals surface area (Å²) in [6.07, 6.45) is 15.3. The molecule has 1 saturated heterocycles. The zero-order valence-corrected chi connectivity index (χ0v) is 21.1. The molecule has 188 valence electrons. The average molecular weight is 497 g/mol. The lowest BCUT2D eigenvalue weighted by Crippen LogP contribution is -2.48. The van der Waals surface area contributed by atoms with E-state index in [9.17, 15) is 5.11 Å². The summed E-state index contributed by atoms with van der Waals surface area (Å²) in [5, 5.41) is 17.4. The van der Waals surface area contributed by atoms with Crippen molar-refractivity contribution in [2.45, 2.75) is 88.3 Å². The molecule has 0 amide bonds. The number of likely N-dealkylation sites (tertiary alicyclic amines) is 1. The lowest BCUT2D eigenvalue weighted by atomic mass is 9.75. The highest BCUT2D eigenvalue weighted by atomic mass is 35.5. The molecular formula is C27H37ClN6O. The second-order valence-electron chi connectivity index (χ2n) is 11.2. The van der Waals surface area contributed by atoms with Gasteiger partial charge in [0.1, 0.15) is 11.0 Å². The van der Waals surface area contributed by atoms with E-state index >= 15 is 0 Å². The smallest absolute Gasteiger partial charge is 0.229 e. The van der Waals surface area contributed by atoms with E-state index in [1.807, 2.05) is 12.3 Å². The summed E-state index contributed by atoms with van der Waals surface area (Å²) in [4.78, 5) is 16.4. The third-order valence-corrected chi connectivity index (χ3v) is 8.97. The molecule has 7 nitrogen and oxygen atoms in total. The SMILES string of the molecule is O[C@H]1CC[C@H](Nc2nc(Nc3ccnc(Cl)c3)ncc2C2CCN(C3CC(C4CC4)C3)CC2)CC1. The van der Waals surface area contributed by atoms with Crippen LogP contribution in [0.3, 0.4) is 0 Å². The van der Waals surface area contributed by atoms with E-state index in [1.165, 1.54) is 57.2 Å². The molecule has 3 heterocycles. The largest absolute Gasteiger partial charge is 0.393 e. The predicted octanol–water partition coefficient (Wildman–Crippen LogP) is 5.35. The quantitative estimate of drug-likeness (QED) is 0.445. The Bertz CT molecular complexity index is 1010. The van der Waals surface area contributed by atoms with Gasteiger partial charge in [-0.05, 0) is 107 Å². The number of piperidine rings is 1. The molecule has 0 radical (unpaired) electrons. The number of hydrogen-bond donors (Lipinski definition) is 3. The van der Waals surface area contributed by atoms with Crippen LogP contribution in [0.2, 0.25) is 5.15 Å². The molecule has 35 heavy (non-hydrogen) atoms. The van der Waals surface area contributed by atoms with Crippen molar-refractivity contribution in [2.24, 2.45) is 11.8 Å². The number of aromatic nitrogens is 3. The Kier molecular flexibility index (Phi) is 6.82. The molecule has 4 aliphatic rings. The maximum Gasteiger partial charge on any atom is 0.229 e. The van der Waals surface area contributed by atoms with Crippen molar-refractivity contribution >= 4 is 29.1 Å². The molecule has 6 rings (SSSR count). The Morgan fingerprint density at radius 2 is 1.71 bits per heavy atom. The number of anilines is 3. The third-order valence-electron chi connectivity index (χ3n) is 8.76. The number of nitrogens with zero attached hydrogens (tertiary/aromatic N) is 4. The summed E-state index contributed by atoms with van der Waals surface area (Å²) in [7, 11) is 0. The summed E-state index contributed by atoms with van der Waals surface area (Å²) in [5.74, 6) is 4.07. The van der Waals surface area contributed by atoms with Crippen LogP contribution in [0.25, 0.3) is 0 Å². The van der Waals surface area contributed by atoms with Gasteiger partial charge in [-0.25, -0.2) is 9.97 Å². The van der Waals surface area contributed by atoms with E-state index in [-0.39, 0.29) is 6.10 Å². The van der Waals surface area contributed by atoms with Crippen molar-refractivity contribution in [3.63, 3.8) is 0 Å². The van der Waals surface area contributed by atoms with Crippen LogP contribution in [0, 0.1) is 11.8 Å². The fourth-order valence-corrected chi connectivity index (χ4v) is 6.52. The summed E-state index contributed by atoms with van der Waals surface area (Å²) in [5.41, 5.74) is 2.06. The van der Waals surface area contributed by atoms with Crippen LogP contribution in [-0.4, -0.2) is 56.2 Å². The van der Waals surface area contributed by atoms with E-state index in [4.69, 9.17) is 16.6 Å². The Morgan fingerprint density at radius 1 is 0.943 bits per heavy atom. The van der Waals surface area contributed by atoms with Gasteiger partial charge in [0.05, 0.1) is 6.10 Å². The minimum Gasteiger partial charge on any atom is -0.393 e. The van der Waals surface area contributed by atoms with Gasteiger partial charge in [0.2, 0.25) is 5.95 Å². The van der Waals surface area contributed by atoms with Crippen LogP contribution < -0.4 is 10.6 Å². The first-order valence-electron chi connectivity index (χ1n) is 13.5. The van der Waals surface area contributed by atoms with E-state index in [1.54, 1.807) is 12.3 Å². The molecule has 0 atom stereocenters. The molecule has 2 aromatic heterocycles. The highest BCUT2D eigenvalue weighted by Crippen LogP contribution is 2.49. The van der Waals surface area contributed by atoms with Gasteiger partial charge in [-0.1, -0.05) is 11.6 Å². The minimum atomic E-state index is -0.165. The molecule has 0 bridgehead atoms. The van der Waals surface area contributed by atoms with Gasteiger partial charge in [0, 0.05) is 35.7 Å². The molecule has 3 aliphatic carbocycles. The molecular weight excluding hydrogens is 460 g/mol. The first-order chi connectivity index (χ1) is 17.1. The van der Waals surface area contributed by atoms with E-state index in [2.05, 4.69) is 25.5 Å². The predicted molar refractivity (Wildman–Crippen MR) is 139 cm³/mol. The van der Waals surface area contributed by atoms with Crippen molar-refractivity contribution < 1.29 is 5.11 Å². The van der Waals surface area contributed by atoms with Crippen molar-refractivity contribution in [3.05, 3.63) is 35.2 Å². The summed E-state index contributed by atoms with van der Waals surface area (Å²) < 4.78 is 0. The van der Waals surface area contributed by atoms with Crippen LogP contribution in [0.5, 0.6) is 0 Å². The highest BCUT2D eigenvalue weighted by molar-refractivity contribution is 6.29. The number of aliphatic hydroxyl groups excluding tert-OH is 1. The first kappa shape index (κ1) is 23.4. The lowest BCUT2D eigenvalue weighted by molar-refractivity contribution is 0.0485. The van der Waals surface area contributed by atoms with Crippen LogP contribution in [-0.2, 0) is 0 Å². The lowest BCUT2D eigenvalue weighted by Gasteiger charge is -2.46. The van der Waals surface area contributed by atoms with E-state index < -0.39 is 0 Å². The van der Waals surface area contributed by atoms with Gasteiger partial charge in [-0.3, -0.25) is 0 Å². The zero-order chi connectivity index (χ0) is 23.8. The Labute approximate surface area is 213 Å². The summed E-state index contributed by atoms with van der Waals surface area (Å²) in [6.45, 7) is 2.36. The van der Waals surface area contributed by atoms with Crippen LogP contribution in [0.15, 0.2) is 24.5 Å². The average Bonchev–Trinajstić information content (AvgIpc) is 3.66. The maximum absolute atomic E-state index is 9.94. The van der Waals surface area contributed by atoms with Gasteiger partial charge in [-0.2, -0.15) is 4.98 Å². The van der Waals surface area contributed by atoms with Crippen LogP contribution in [0.1, 0.15) is 75.7 Å². The van der Waals surface area contributed by atoms with Gasteiger partial charge >= 0.3 is 0 Å². The van der Waals surface area contributed by atoms with Crippen molar-refractivity contribution in [1.82, 2.24) is 19.9 Å². The van der Waals surface area contributed by atoms with Crippen LogP contribution >= 0.6 is 11.6 Å². The van der Waals surface area contributed by atoms with Gasteiger partial charge in [0.15, 0.2) is 0 Å². The fourth-order valence-electron chi connectivity index (χ4n) is 6.34. The zero-order valence-electron chi connectivity index (χ0n) is 20.4. The minimum absolute atomic E-state index is 0.165. The molecule has 8 heteroatoms. The maximum atomic E-state index is 9.94. The van der Waals surface area contributed by atoms with Gasteiger partial charge in [0.25, 0.3) is 0 Å². The Morgan fingerprint density at radius 3 is 2.43 bits per heavy atom. The molecule has 3 N–H and O–H groups in total. The normalized spacial score (nSPS) is 30.0. The second-order valence-corrected chi connectivity index (χ2v) is 11.6. The van der Waals surface area contributed by atoms with Gasteiger partial charge in [-0.15, -0.1) is 0 Å². The van der Waals surface area contributed by atoms with Crippen molar-refractivity contribution in [2.75, 3.05) is 23.7 Å². The topological polar surface area (TPSA) is 86.2 Å². The fraction of sp³-hybridized carbons (Fsp3) is 0.667. The number of rotatable bonds is 7. The number of hydrogen-bond acceptors (Lipinski definition) is 7. The highest BCUT2D eigenvalue weighted by Gasteiger charge is 2.43. The molecule has 0 spiro atoms. The molecule has 1 aliphatic heterocycles. The number of pyridine rings is 1. The Hall–Kier alpha value is -1.96. The number of halogens is 1. The number of nitrogens with one attached hydrogen (secondary N) is 2. The van der Waals surface area contributed by atoms with Crippen molar-refractivity contribution in [3.8, 4) is 0 Å². The molecule has 0 aromatic carbocycles. The van der Waals surface area contributed by atoms with Crippen LogP contribution in [0.4, 0.5) is 17.5 Å². The molecule has 4 fully saturated rings. The van der Waals surface area contributed by atoms with Gasteiger partial charge < -0.3 is 20.6 Å². The standard InChI is InChI=1S/C27H37ClN6O/c28-25-15-21(7-10-29-25)32-27-30-16-24(26(33-27)31-20-3-5-23(35)6-4-20)18-8-11-34(12-9-18)22-13-19(14-22)17-1-2-17/h7,10,15-20,22-23,35H,1-6,8-9,11-14H2,(H2,29,30,31,32,33)/t19?,20-,22?,23-. The monoisotopic (exact) mass is 496 g/mol. The third kappa shape index (κ3) is 5.57. The summed E-state index contributed by atoms with van der Waals surface area (Å²) in [6, 6.07) is 4.80. The second kappa shape index (κ2) is 10.2. The molecule has 3 saturated carbocycles. The molecule has 0 unspecified atom stereocenters. The van der Waals surface area contributed by atoms with Crippen molar-refractivity contribution in [1.29, 1.82) is 0 Å². The van der Waals surface area contributed by atoms with E-state index in [0.717, 1.165) is 55.1 Å². The first-order valence-corrected chi connectivity index (χ1v) is 13.9. The number of aliphatic hydroxyl groups is 1. The molecule has 2 aromatic rings.